The fraction of sp³-hybridized carbons (Fsp3) is 0.435. The number of hydrogen-bond donors (Lipinski definition) is 3. The Morgan fingerprint density at radius 2 is 1.82 bits per heavy atom. The normalized spacial score (nSPS) is 12.6. The lowest BCUT2D eigenvalue weighted by Crippen LogP contribution is -2.25. The second-order valence-corrected chi connectivity index (χ2v) is 8.45. The van der Waals surface area contributed by atoms with Crippen molar-refractivity contribution in [3.63, 3.8) is 0 Å². The van der Waals surface area contributed by atoms with E-state index in [0.29, 0.717) is 12.5 Å². The maximum Gasteiger partial charge on any atom is 0.251 e. The van der Waals surface area contributed by atoms with E-state index in [4.69, 9.17) is 0 Å². The zero-order chi connectivity index (χ0) is 20.9. The van der Waals surface area contributed by atoms with Gasteiger partial charge >= 0.3 is 0 Å². The van der Waals surface area contributed by atoms with Crippen LogP contribution in [0.3, 0.4) is 0 Å². The van der Waals surface area contributed by atoms with Crippen molar-refractivity contribution in [2.75, 3.05) is 6.54 Å². The number of nitrogens with one attached hydrogen (secondary N) is 1. The van der Waals surface area contributed by atoms with Crippen LogP contribution in [0.5, 0.6) is 11.5 Å². The molecule has 0 aliphatic carbocycles. The smallest absolute Gasteiger partial charge is 0.251 e. The summed E-state index contributed by atoms with van der Waals surface area (Å²) in [6, 6.07) is 9.17. The molecule has 152 valence electrons. The maximum atomic E-state index is 13.3. The van der Waals surface area contributed by atoms with Crippen molar-refractivity contribution in [1.82, 2.24) is 5.32 Å². The van der Waals surface area contributed by atoms with Crippen LogP contribution < -0.4 is 5.32 Å². The fourth-order valence-electron chi connectivity index (χ4n) is 3.21. The SMILES string of the molecule is CC(CCNC(=O)c1ccc(O)c(F)c1)CCc1ccc(O)cc1C(C)(C)C. The molecule has 0 aromatic heterocycles. The average molecular weight is 387 g/mol. The summed E-state index contributed by atoms with van der Waals surface area (Å²) >= 11 is 0. The molecule has 0 radical (unpaired) electrons. The molecular weight excluding hydrogens is 357 g/mol. The van der Waals surface area contributed by atoms with Gasteiger partial charge in [-0.25, -0.2) is 4.39 Å². The van der Waals surface area contributed by atoms with E-state index in [2.05, 4.69) is 33.0 Å². The number of aryl methyl sites for hydroxylation is 1. The summed E-state index contributed by atoms with van der Waals surface area (Å²) in [4.78, 5) is 12.1. The van der Waals surface area contributed by atoms with Crippen LogP contribution in [0, 0.1) is 11.7 Å². The van der Waals surface area contributed by atoms with Gasteiger partial charge in [0.25, 0.3) is 5.91 Å². The minimum atomic E-state index is -0.801. The number of phenols is 2. The van der Waals surface area contributed by atoms with E-state index in [1.54, 1.807) is 6.07 Å². The highest BCUT2D eigenvalue weighted by molar-refractivity contribution is 5.94. The molecule has 0 saturated carbocycles. The predicted octanol–water partition coefficient (Wildman–Crippen LogP) is 4.92. The van der Waals surface area contributed by atoms with Gasteiger partial charge in [0, 0.05) is 12.1 Å². The molecule has 2 aromatic rings. The van der Waals surface area contributed by atoms with Crippen molar-refractivity contribution < 1.29 is 19.4 Å². The van der Waals surface area contributed by atoms with Crippen molar-refractivity contribution in [3.8, 4) is 11.5 Å². The molecule has 0 saturated heterocycles. The average Bonchev–Trinajstić information content (AvgIpc) is 2.62. The molecule has 5 heteroatoms. The van der Waals surface area contributed by atoms with Crippen LogP contribution in [0.4, 0.5) is 4.39 Å². The summed E-state index contributed by atoms with van der Waals surface area (Å²) in [7, 11) is 0. The van der Waals surface area contributed by atoms with E-state index in [1.807, 2.05) is 12.1 Å². The van der Waals surface area contributed by atoms with Crippen LogP contribution in [0.2, 0.25) is 0 Å². The predicted molar refractivity (Wildman–Crippen MR) is 109 cm³/mol. The first kappa shape index (κ1) is 21.7. The number of carbonyl (C=O) groups excluding carboxylic acids is 1. The second kappa shape index (κ2) is 9.09. The first-order valence-corrected chi connectivity index (χ1v) is 9.67. The number of carbonyl (C=O) groups is 1. The van der Waals surface area contributed by atoms with Gasteiger partial charge in [0.15, 0.2) is 11.6 Å². The monoisotopic (exact) mass is 387 g/mol. The first-order chi connectivity index (χ1) is 13.1. The number of phenolic OH excluding ortho intramolecular Hbond substituents is 2. The number of halogens is 1. The molecule has 0 fully saturated rings. The van der Waals surface area contributed by atoms with Gasteiger partial charge in [-0.15, -0.1) is 0 Å². The summed E-state index contributed by atoms with van der Waals surface area (Å²) < 4.78 is 13.3. The Balaban J connectivity index is 1.84. The summed E-state index contributed by atoms with van der Waals surface area (Å²) in [6.07, 6.45) is 2.69. The Bertz CT molecular complexity index is 827. The van der Waals surface area contributed by atoms with E-state index >= 15 is 0 Å². The van der Waals surface area contributed by atoms with Crippen LogP contribution in [0.15, 0.2) is 36.4 Å². The van der Waals surface area contributed by atoms with Gasteiger partial charge in [0.1, 0.15) is 5.75 Å². The minimum Gasteiger partial charge on any atom is -0.508 e. The molecule has 0 aliphatic heterocycles. The van der Waals surface area contributed by atoms with Gasteiger partial charge in [-0.1, -0.05) is 33.8 Å². The first-order valence-electron chi connectivity index (χ1n) is 9.67. The molecular formula is C23H30FNO3. The fourth-order valence-corrected chi connectivity index (χ4v) is 3.21. The molecule has 2 rings (SSSR count). The van der Waals surface area contributed by atoms with Gasteiger partial charge in [0.05, 0.1) is 0 Å². The summed E-state index contributed by atoms with van der Waals surface area (Å²) in [5.74, 6) is -0.924. The lowest BCUT2D eigenvalue weighted by molar-refractivity contribution is 0.0951. The van der Waals surface area contributed by atoms with Crippen LogP contribution in [-0.4, -0.2) is 22.7 Å². The number of rotatable bonds is 7. The Labute approximate surface area is 166 Å². The molecule has 3 N–H and O–H groups in total. The molecule has 28 heavy (non-hydrogen) atoms. The summed E-state index contributed by atoms with van der Waals surface area (Å²) in [6.45, 7) is 9.05. The lowest BCUT2D eigenvalue weighted by atomic mass is 9.81. The molecule has 1 unspecified atom stereocenters. The number of amides is 1. The summed E-state index contributed by atoms with van der Waals surface area (Å²) in [5, 5.41) is 21.8. The molecule has 0 heterocycles. The Morgan fingerprint density at radius 3 is 2.46 bits per heavy atom. The molecule has 0 spiro atoms. The van der Waals surface area contributed by atoms with Crippen LogP contribution in [0.1, 0.15) is 62.0 Å². The zero-order valence-electron chi connectivity index (χ0n) is 17.1. The molecule has 4 nitrogen and oxygen atoms in total. The Hall–Kier alpha value is -2.56. The van der Waals surface area contributed by atoms with E-state index in [0.717, 1.165) is 30.9 Å². The molecule has 0 aliphatic rings. The van der Waals surface area contributed by atoms with Gasteiger partial charge in [-0.3, -0.25) is 4.79 Å². The quantitative estimate of drug-likeness (QED) is 0.631. The van der Waals surface area contributed by atoms with Gasteiger partial charge in [-0.05, 0) is 72.1 Å². The number of aromatic hydroxyl groups is 2. The van der Waals surface area contributed by atoms with Crippen molar-refractivity contribution in [3.05, 3.63) is 58.9 Å². The standard InChI is InChI=1S/C23H30FNO3/c1-15(5-6-16-7-9-18(26)14-19(16)23(2,3)4)11-12-25-22(28)17-8-10-21(27)20(24)13-17/h7-10,13-15,26-27H,5-6,11-12H2,1-4H3,(H,25,28). The van der Waals surface area contributed by atoms with E-state index in [-0.39, 0.29) is 22.6 Å². The summed E-state index contributed by atoms with van der Waals surface area (Å²) in [5.41, 5.74) is 2.55. The van der Waals surface area contributed by atoms with Crippen LogP contribution >= 0.6 is 0 Å². The van der Waals surface area contributed by atoms with E-state index in [1.165, 1.54) is 17.7 Å². The third kappa shape index (κ3) is 5.98. The highest BCUT2D eigenvalue weighted by atomic mass is 19.1. The van der Waals surface area contributed by atoms with Crippen molar-refractivity contribution >= 4 is 5.91 Å². The molecule has 0 bridgehead atoms. The highest BCUT2D eigenvalue weighted by Gasteiger charge is 2.19. The van der Waals surface area contributed by atoms with Crippen molar-refractivity contribution in [2.45, 2.75) is 52.4 Å². The third-order valence-corrected chi connectivity index (χ3v) is 4.94. The highest BCUT2D eigenvalue weighted by Crippen LogP contribution is 2.30. The zero-order valence-corrected chi connectivity index (χ0v) is 17.1. The largest absolute Gasteiger partial charge is 0.508 e. The number of benzene rings is 2. The van der Waals surface area contributed by atoms with Gasteiger partial charge < -0.3 is 15.5 Å². The van der Waals surface area contributed by atoms with E-state index < -0.39 is 11.6 Å². The lowest BCUT2D eigenvalue weighted by Gasteiger charge is -2.24. The minimum absolute atomic E-state index is 0.0370. The van der Waals surface area contributed by atoms with Crippen molar-refractivity contribution in [2.24, 2.45) is 5.92 Å². The second-order valence-electron chi connectivity index (χ2n) is 8.45. The molecule has 2 aromatic carbocycles. The molecule has 1 atom stereocenters. The Kier molecular flexibility index (Phi) is 7.05. The van der Waals surface area contributed by atoms with Crippen LogP contribution in [-0.2, 0) is 11.8 Å². The molecule has 1 amide bonds. The van der Waals surface area contributed by atoms with Crippen LogP contribution in [0.25, 0.3) is 0 Å². The number of hydrogen-bond acceptors (Lipinski definition) is 3. The van der Waals surface area contributed by atoms with Crippen molar-refractivity contribution in [1.29, 1.82) is 0 Å². The van der Waals surface area contributed by atoms with E-state index in [9.17, 15) is 19.4 Å². The van der Waals surface area contributed by atoms with Gasteiger partial charge in [-0.2, -0.15) is 0 Å². The maximum absolute atomic E-state index is 13.3. The Morgan fingerprint density at radius 1 is 1.11 bits per heavy atom. The van der Waals surface area contributed by atoms with Gasteiger partial charge in [0.2, 0.25) is 0 Å². The topological polar surface area (TPSA) is 69.6 Å². The third-order valence-electron chi connectivity index (χ3n) is 4.94.